The first-order valence-corrected chi connectivity index (χ1v) is 6.64. The van der Waals surface area contributed by atoms with Gasteiger partial charge in [-0.25, -0.2) is 0 Å². The van der Waals surface area contributed by atoms with Gasteiger partial charge in [-0.05, 0) is 30.7 Å². The van der Waals surface area contributed by atoms with E-state index in [0.29, 0.717) is 17.1 Å². The zero-order valence-electron chi connectivity index (χ0n) is 12.4. The Morgan fingerprint density at radius 3 is 2.43 bits per heavy atom. The monoisotopic (exact) mass is 286 g/mol. The maximum Gasteiger partial charge on any atom is 0.189 e. The molecule has 0 N–H and O–H groups in total. The summed E-state index contributed by atoms with van der Waals surface area (Å²) in [5, 5.41) is 4.09. The molecule has 0 amide bonds. The summed E-state index contributed by atoms with van der Waals surface area (Å²) in [5.74, 6) is 1.27. The third kappa shape index (κ3) is 3.72. The number of carbonyl (C=O) groups excluding carboxylic acids is 1. The van der Waals surface area contributed by atoms with Gasteiger partial charge in [0.15, 0.2) is 5.78 Å². The van der Waals surface area contributed by atoms with Crippen molar-refractivity contribution in [3.8, 4) is 11.5 Å². The summed E-state index contributed by atoms with van der Waals surface area (Å²) in [6.45, 7) is 2.71. The van der Waals surface area contributed by atoms with E-state index in [9.17, 15) is 4.79 Å². The van der Waals surface area contributed by atoms with Crippen molar-refractivity contribution < 1.29 is 14.3 Å². The van der Waals surface area contributed by atoms with Crippen molar-refractivity contribution in [2.45, 2.75) is 13.5 Å². The minimum Gasteiger partial charge on any atom is -0.497 e. The normalized spacial score (nSPS) is 10.8. The van der Waals surface area contributed by atoms with E-state index in [1.165, 1.54) is 6.08 Å². The Bertz CT molecular complexity index is 637. The lowest BCUT2D eigenvalue weighted by Crippen LogP contribution is -1.94. The molecule has 5 heteroatoms. The Hall–Kier alpha value is -2.56. The van der Waals surface area contributed by atoms with E-state index < -0.39 is 0 Å². The van der Waals surface area contributed by atoms with Gasteiger partial charge in [0.05, 0.1) is 26.0 Å². The second-order valence-corrected chi connectivity index (χ2v) is 4.43. The number of ketones is 1. The fourth-order valence-corrected chi connectivity index (χ4v) is 1.86. The standard InChI is InChI=1S/C16H18N2O3/c1-4-18-11-13(10-17-18)16(19)6-5-12-7-14(20-2)9-15(8-12)21-3/h5-11H,4H2,1-3H3. The molecule has 1 aromatic heterocycles. The minimum absolute atomic E-state index is 0.0866. The van der Waals surface area contributed by atoms with Gasteiger partial charge >= 0.3 is 0 Å². The van der Waals surface area contributed by atoms with Gasteiger partial charge in [0, 0.05) is 18.8 Å². The summed E-state index contributed by atoms with van der Waals surface area (Å²) >= 11 is 0. The number of rotatable bonds is 6. The van der Waals surface area contributed by atoms with Gasteiger partial charge in [-0.2, -0.15) is 5.10 Å². The first kappa shape index (κ1) is 14.8. The highest BCUT2D eigenvalue weighted by molar-refractivity contribution is 6.06. The molecule has 0 spiro atoms. The molecule has 0 saturated heterocycles. The third-order valence-corrected chi connectivity index (χ3v) is 3.04. The van der Waals surface area contributed by atoms with Crippen LogP contribution in [0.15, 0.2) is 36.7 Å². The molecule has 1 heterocycles. The number of methoxy groups -OCH3 is 2. The van der Waals surface area contributed by atoms with E-state index >= 15 is 0 Å². The van der Waals surface area contributed by atoms with Gasteiger partial charge in [0.1, 0.15) is 11.5 Å². The molecule has 0 aliphatic carbocycles. The summed E-state index contributed by atoms with van der Waals surface area (Å²) in [4.78, 5) is 12.1. The topological polar surface area (TPSA) is 53.4 Å². The molecule has 110 valence electrons. The molecular formula is C16H18N2O3. The molecule has 0 aliphatic heterocycles. The van der Waals surface area contributed by atoms with Gasteiger partial charge in [-0.1, -0.05) is 6.08 Å². The van der Waals surface area contributed by atoms with Crippen LogP contribution >= 0.6 is 0 Å². The molecular weight excluding hydrogens is 268 g/mol. The van der Waals surface area contributed by atoms with E-state index in [4.69, 9.17) is 9.47 Å². The van der Waals surface area contributed by atoms with Crippen LogP contribution < -0.4 is 9.47 Å². The zero-order chi connectivity index (χ0) is 15.2. The molecule has 0 aliphatic rings. The number of aromatic nitrogens is 2. The molecule has 0 bridgehead atoms. The summed E-state index contributed by atoms with van der Waals surface area (Å²) in [5.41, 5.74) is 1.41. The average molecular weight is 286 g/mol. The highest BCUT2D eigenvalue weighted by Gasteiger charge is 2.05. The lowest BCUT2D eigenvalue weighted by atomic mass is 10.1. The first-order chi connectivity index (χ1) is 10.2. The summed E-state index contributed by atoms with van der Waals surface area (Å²) in [6.07, 6.45) is 6.56. The van der Waals surface area contributed by atoms with Crippen molar-refractivity contribution in [3.63, 3.8) is 0 Å². The number of carbonyl (C=O) groups is 1. The Morgan fingerprint density at radius 2 is 1.90 bits per heavy atom. The van der Waals surface area contributed by atoms with Gasteiger partial charge < -0.3 is 9.47 Å². The third-order valence-electron chi connectivity index (χ3n) is 3.04. The molecule has 2 rings (SSSR count). The van der Waals surface area contributed by atoms with Crippen LogP contribution in [0.2, 0.25) is 0 Å². The van der Waals surface area contributed by atoms with Crippen molar-refractivity contribution in [2.24, 2.45) is 0 Å². The largest absolute Gasteiger partial charge is 0.497 e. The number of benzene rings is 1. The molecule has 0 radical (unpaired) electrons. The minimum atomic E-state index is -0.0866. The summed E-state index contributed by atoms with van der Waals surface area (Å²) in [7, 11) is 3.18. The lowest BCUT2D eigenvalue weighted by Gasteiger charge is -2.05. The van der Waals surface area contributed by atoms with Crippen molar-refractivity contribution in [1.82, 2.24) is 9.78 Å². The van der Waals surface area contributed by atoms with Crippen LogP contribution in [0.1, 0.15) is 22.8 Å². The number of aryl methyl sites for hydroxylation is 1. The molecule has 5 nitrogen and oxygen atoms in total. The molecule has 0 atom stereocenters. The number of ether oxygens (including phenoxy) is 2. The van der Waals surface area contributed by atoms with E-state index in [1.807, 2.05) is 19.1 Å². The Labute approximate surface area is 123 Å². The van der Waals surface area contributed by atoms with Crippen LogP contribution in [-0.4, -0.2) is 29.8 Å². The van der Waals surface area contributed by atoms with Crippen molar-refractivity contribution in [1.29, 1.82) is 0 Å². The van der Waals surface area contributed by atoms with Crippen LogP contribution in [-0.2, 0) is 6.54 Å². The number of allylic oxidation sites excluding steroid dienone is 1. The maximum atomic E-state index is 12.1. The van der Waals surface area contributed by atoms with Crippen molar-refractivity contribution in [3.05, 3.63) is 47.8 Å². The maximum absolute atomic E-state index is 12.1. The van der Waals surface area contributed by atoms with Gasteiger partial charge in [0.25, 0.3) is 0 Å². The predicted octanol–water partition coefficient (Wildman–Crippen LogP) is 2.82. The van der Waals surface area contributed by atoms with E-state index in [1.54, 1.807) is 43.4 Å². The first-order valence-electron chi connectivity index (χ1n) is 6.64. The number of nitrogens with zero attached hydrogens (tertiary/aromatic N) is 2. The fourth-order valence-electron chi connectivity index (χ4n) is 1.86. The summed E-state index contributed by atoms with van der Waals surface area (Å²) in [6, 6.07) is 5.45. The van der Waals surface area contributed by atoms with Crippen LogP contribution in [0, 0.1) is 0 Å². The highest BCUT2D eigenvalue weighted by Crippen LogP contribution is 2.23. The molecule has 2 aromatic rings. The van der Waals surface area contributed by atoms with E-state index in [-0.39, 0.29) is 5.78 Å². The van der Waals surface area contributed by atoms with E-state index in [0.717, 1.165) is 12.1 Å². The molecule has 0 saturated carbocycles. The second kappa shape index (κ2) is 6.74. The number of hydrogen-bond donors (Lipinski definition) is 0. The van der Waals surface area contributed by atoms with Crippen LogP contribution in [0.5, 0.6) is 11.5 Å². The Morgan fingerprint density at radius 1 is 1.24 bits per heavy atom. The predicted molar refractivity (Wildman–Crippen MR) is 80.8 cm³/mol. The smallest absolute Gasteiger partial charge is 0.189 e. The molecule has 0 fully saturated rings. The average Bonchev–Trinajstić information content (AvgIpc) is 3.01. The summed E-state index contributed by atoms with van der Waals surface area (Å²) < 4.78 is 12.1. The lowest BCUT2D eigenvalue weighted by molar-refractivity contribution is 0.104. The second-order valence-electron chi connectivity index (χ2n) is 4.43. The van der Waals surface area contributed by atoms with Crippen LogP contribution in [0.25, 0.3) is 6.08 Å². The van der Waals surface area contributed by atoms with Gasteiger partial charge in [-0.3, -0.25) is 9.48 Å². The Balaban J connectivity index is 2.18. The van der Waals surface area contributed by atoms with Crippen LogP contribution in [0.3, 0.4) is 0 Å². The van der Waals surface area contributed by atoms with Crippen LogP contribution in [0.4, 0.5) is 0 Å². The Kier molecular flexibility index (Phi) is 4.77. The molecule has 21 heavy (non-hydrogen) atoms. The SMILES string of the molecule is CCn1cc(C(=O)C=Cc2cc(OC)cc(OC)c2)cn1. The van der Waals surface area contributed by atoms with E-state index in [2.05, 4.69) is 5.10 Å². The van der Waals surface area contributed by atoms with Crippen molar-refractivity contribution in [2.75, 3.05) is 14.2 Å². The van der Waals surface area contributed by atoms with Gasteiger partial charge in [0.2, 0.25) is 0 Å². The quantitative estimate of drug-likeness (QED) is 0.605. The highest BCUT2D eigenvalue weighted by atomic mass is 16.5. The van der Waals surface area contributed by atoms with Crippen molar-refractivity contribution >= 4 is 11.9 Å². The fraction of sp³-hybridized carbons (Fsp3) is 0.250. The van der Waals surface area contributed by atoms with Gasteiger partial charge in [-0.15, -0.1) is 0 Å². The zero-order valence-corrected chi connectivity index (χ0v) is 12.4. The molecule has 1 aromatic carbocycles. The molecule has 0 unspecified atom stereocenters. The number of hydrogen-bond acceptors (Lipinski definition) is 4.